The summed E-state index contributed by atoms with van der Waals surface area (Å²) in [7, 11) is 1.34. The molecule has 0 saturated heterocycles. The average Bonchev–Trinajstić information content (AvgIpc) is 3.17. The second-order valence-electron chi connectivity index (χ2n) is 6.39. The van der Waals surface area contributed by atoms with Crippen LogP contribution in [0, 0.1) is 15.9 Å². The number of anilines is 2. The van der Waals surface area contributed by atoms with Crippen LogP contribution in [0.5, 0.6) is 5.75 Å². The number of fused-ring (bicyclic) bond motifs is 1. The molecule has 0 spiro atoms. The van der Waals surface area contributed by atoms with E-state index >= 15 is 0 Å². The average molecular weight is 408 g/mol. The number of ether oxygens (including phenoxy) is 1. The van der Waals surface area contributed by atoms with Gasteiger partial charge < -0.3 is 10.1 Å². The van der Waals surface area contributed by atoms with Crippen LogP contribution in [-0.2, 0) is 6.54 Å². The minimum atomic E-state index is -0.988. The van der Waals surface area contributed by atoms with Crippen molar-refractivity contribution in [1.29, 1.82) is 0 Å². The first-order chi connectivity index (χ1) is 14.5. The van der Waals surface area contributed by atoms with Gasteiger partial charge in [0.1, 0.15) is 5.75 Å². The largest absolute Gasteiger partial charge is 0.494 e. The van der Waals surface area contributed by atoms with E-state index in [0.29, 0.717) is 5.69 Å². The number of nitrogens with one attached hydrogen (secondary N) is 1. The minimum absolute atomic E-state index is 0.0977. The van der Waals surface area contributed by atoms with Gasteiger partial charge in [0, 0.05) is 35.8 Å². The third-order valence-electron chi connectivity index (χ3n) is 4.60. The van der Waals surface area contributed by atoms with Gasteiger partial charge in [-0.25, -0.2) is 9.97 Å². The summed E-state index contributed by atoms with van der Waals surface area (Å²) in [6, 6.07) is 9.64. The number of hydrogen-bond acceptors (Lipinski definition) is 7. The molecule has 0 aliphatic heterocycles. The quantitative estimate of drug-likeness (QED) is 0.374. The van der Waals surface area contributed by atoms with E-state index in [1.165, 1.54) is 7.11 Å². The highest BCUT2D eigenvalue weighted by atomic mass is 19.1. The van der Waals surface area contributed by atoms with E-state index in [1.54, 1.807) is 18.5 Å². The maximum Gasteiger partial charge on any atom is 0.307 e. The fourth-order valence-electron chi connectivity index (χ4n) is 3.15. The monoisotopic (exact) mass is 408 g/mol. The number of nitrogens with zero attached hydrogens (tertiary/aromatic N) is 5. The first-order valence-electron chi connectivity index (χ1n) is 9.08. The van der Waals surface area contributed by atoms with Crippen LogP contribution in [0.15, 0.2) is 48.8 Å². The van der Waals surface area contributed by atoms with Gasteiger partial charge in [-0.05, 0) is 25.1 Å². The van der Waals surface area contributed by atoms with E-state index in [4.69, 9.17) is 4.74 Å². The van der Waals surface area contributed by atoms with E-state index in [2.05, 4.69) is 20.4 Å². The number of halogens is 1. The van der Waals surface area contributed by atoms with Gasteiger partial charge in [0.05, 0.1) is 35.1 Å². The number of nitro benzene ring substituents is 1. The van der Waals surface area contributed by atoms with Crippen molar-refractivity contribution in [3.8, 4) is 17.0 Å². The number of nitro groups is 1. The molecule has 1 N–H and O–H groups in total. The maximum atomic E-state index is 13.9. The SMILES string of the molecule is CCn1ncc2cc(-c3ccnc(Nc4cc([N+](=O)[O-])c(F)cc4OC)n3)ccc21. The number of methoxy groups -OCH3 is 1. The molecule has 4 aromatic rings. The lowest BCUT2D eigenvalue weighted by molar-refractivity contribution is -0.387. The summed E-state index contributed by atoms with van der Waals surface area (Å²) >= 11 is 0. The third kappa shape index (κ3) is 3.50. The summed E-state index contributed by atoms with van der Waals surface area (Å²) in [5.74, 6) is -0.699. The molecule has 4 rings (SSSR count). The molecule has 152 valence electrons. The number of aromatic nitrogens is 4. The number of benzene rings is 2. The Morgan fingerprint density at radius 1 is 1.27 bits per heavy atom. The van der Waals surface area contributed by atoms with Gasteiger partial charge in [-0.2, -0.15) is 9.49 Å². The molecule has 0 aliphatic rings. The maximum absolute atomic E-state index is 13.9. The third-order valence-corrected chi connectivity index (χ3v) is 4.60. The summed E-state index contributed by atoms with van der Waals surface area (Å²) in [5.41, 5.74) is 2.04. The molecule has 0 saturated carbocycles. The van der Waals surface area contributed by atoms with Crippen LogP contribution in [0.4, 0.5) is 21.7 Å². The predicted octanol–water partition coefficient (Wildman–Crippen LogP) is 4.31. The lowest BCUT2D eigenvalue weighted by Gasteiger charge is -2.11. The molecule has 0 fully saturated rings. The summed E-state index contributed by atoms with van der Waals surface area (Å²) in [6.45, 7) is 2.80. The zero-order valence-corrected chi connectivity index (χ0v) is 16.2. The van der Waals surface area contributed by atoms with Crippen molar-refractivity contribution >= 4 is 28.2 Å². The van der Waals surface area contributed by atoms with Crippen molar-refractivity contribution in [2.24, 2.45) is 0 Å². The van der Waals surface area contributed by atoms with Gasteiger partial charge in [0.25, 0.3) is 0 Å². The summed E-state index contributed by atoms with van der Waals surface area (Å²) in [5, 5.41) is 19.3. The minimum Gasteiger partial charge on any atom is -0.494 e. The van der Waals surface area contributed by atoms with E-state index in [0.717, 1.165) is 35.1 Å². The first-order valence-corrected chi connectivity index (χ1v) is 9.08. The zero-order valence-electron chi connectivity index (χ0n) is 16.2. The molecular formula is C20H17FN6O3. The Bertz CT molecular complexity index is 1260. The topological polar surface area (TPSA) is 108 Å². The Kier molecular flexibility index (Phi) is 4.97. The van der Waals surface area contributed by atoms with Gasteiger partial charge in [-0.3, -0.25) is 14.8 Å². The molecule has 0 atom stereocenters. The zero-order chi connectivity index (χ0) is 21.3. The molecule has 10 heteroatoms. The Balaban J connectivity index is 1.69. The molecule has 0 aliphatic carbocycles. The summed E-state index contributed by atoms with van der Waals surface area (Å²) in [6.07, 6.45) is 3.36. The van der Waals surface area contributed by atoms with Gasteiger partial charge in [-0.15, -0.1) is 0 Å². The highest BCUT2D eigenvalue weighted by Crippen LogP contribution is 2.33. The molecule has 0 unspecified atom stereocenters. The van der Waals surface area contributed by atoms with Gasteiger partial charge in [0.2, 0.25) is 11.8 Å². The fraction of sp³-hybridized carbons (Fsp3) is 0.150. The van der Waals surface area contributed by atoms with Crippen LogP contribution >= 0.6 is 0 Å². The van der Waals surface area contributed by atoms with Crippen LogP contribution in [0.25, 0.3) is 22.2 Å². The second kappa shape index (κ2) is 7.74. The van der Waals surface area contributed by atoms with Gasteiger partial charge in [0.15, 0.2) is 0 Å². The molecule has 0 radical (unpaired) electrons. The van der Waals surface area contributed by atoms with Crippen LogP contribution in [-0.4, -0.2) is 31.8 Å². The van der Waals surface area contributed by atoms with Gasteiger partial charge in [-0.1, -0.05) is 6.07 Å². The van der Waals surface area contributed by atoms with Crippen molar-refractivity contribution < 1.29 is 14.1 Å². The number of aryl methyl sites for hydroxylation is 1. The van der Waals surface area contributed by atoms with E-state index < -0.39 is 16.4 Å². The molecule has 0 bridgehead atoms. The Hall–Kier alpha value is -4.08. The molecule has 0 amide bonds. The predicted molar refractivity (Wildman–Crippen MR) is 109 cm³/mol. The lowest BCUT2D eigenvalue weighted by Crippen LogP contribution is -2.02. The van der Waals surface area contributed by atoms with Crippen molar-refractivity contribution in [2.45, 2.75) is 13.5 Å². The van der Waals surface area contributed by atoms with Gasteiger partial charge >= 0.3 is 5.69 Å². The van der Waals surface area contributed by atoms with E-state index in [-0.39, 0.29) is 17.4 Å². The molecular weight excluding hydrogens is 391 g/mol. The van der Waals surface area contributed by atoms with Crippen LogP contribution in [0.1, 0.15) is 6.92 Å². The lowest BCUT2D eigenvalue weighted by atomic mass is 10.1. The molecule has 9 nitrogen and oxygen atoms in total. The molecule has 30 heavy (non-hydrogen) atoms. The van der Waals surface area contributed by atoms with Crippen molar-refractivity contribution in [1.82, 2.24) is 19.7 Å². The van der Waals surface area contributed by atoms with E-state index in [1.807, 2.05) is 29.8 Å². The molecule has 2 aromatic heterocycles. The summed E-state index contributed by atoms with van der Waals surface area (Å²) in [4.78, 5) is 18.9. The van der Waals surface area contributed by atoms with Crippen LogP contribution in [0.2, 0.25) is 0 Å². The first kappa shape index (κ1) is 19.2. The van der Waals surface area contributed by atoms with Crippen molar-refractivity contribution in [3.63, 3.8) is 0 Å². The Labute approximate surface area is 170 Å². The number of rotatable bonds is 6. The standard InChI is InChI=1S/C20H17FN6O3/c1-3-26-17-5-4-12(8-13(17)11-23-26)15-6-7-22-20(24-15)25-16-10-18(27(28)29)14(21)9-19(16)30-2/h4-11H,3H2,1-2H3,(H,22,24,25). The Morgan fingerprint density at radius 3 is 2.83 bits per heavy atom. The molecule has 2 aromatic carbocycles. The molecule has 2 heterocycles. The second-order valence-corrected chi connectivity index (χ2v) is 6.39. The van der Waals surface area contributed by atoms with Crippen LogP contribution in [0.3, 0.4) is 0 Å². The number of hydrogen-bond donors (Lipinski definition) is 1. The van der Waals surface area contributed by atoms with Crippen molar-refractivity contribution in [2.75, 3.05) is 12.4 Å². The van der Waals surface area contributed by atoms with Crippen molar-refractivity contribution in [3.05, 3.63) is 64.7 Å². The van der Waals surface area contributed by atoms with Crippen LogP contribution < -0.4 is 10.1 Å². The normalized spacial score (nSPS) is 10.9. The summed E-state index contributed by atoms with van der Waals surface area (Å²) < 4.78 is 20.9. The Morgan fingerprint density at radius 2 is 2.10 bits per heavy atom. The highest BCUT2D eigenvalue weighted by Gasteiger charge is 2.19. The fourth-order valence-corrected chi connectivity index (χ4v) is 3.15. The smallest absolute Gasteiger partial charge is 0.307 e. The highest BCUT2D eigenvalue weighted by molar-refractivity contribution is 5.84. The van der Waals surface area contributed by atoms with E-state index in [9.17, 15) is 14.5 Å².